The number of nitrogens with zero attached hydrogens (tertiary/aromatic N) is 1. The molecule has 1 aromatic heterocycles. The average Bonchev–Trinajstić information content (AvgIpc) is 2.98. The molecule has 28 heavy (non-hydrogen) atoms. The molecule has 3 aromatic rings. The van der Waals surface area contributed by atoms with Crippen LogP contribution in [0.15, 0.2) is 66.7 Å². The first-order valence-corrected chi connectivity index (χ1v) is 8.86. The number of hydrogen-bond donors (Lipinski definition) is 0. The predicted octanol–water partition coefficient (Wildman–Crippen LogP) is 4.88. The first kappa shape index (κ1) is 17.9. The minimum Gasteiger partial charge on any atom is -0.452 e. The van der Waals surface area contributed by atoms with E-state index in [-0.39, 0.29) is 22.9 Å². The Bertz CT molecular complexity index is 1120. The summed E-state index contributed by atoms with van der Waals surface area (Å²) < 4.78 is 11.2. The summed E-state index contributed by atoms with van der Waals surface area (Å²) in [6.45, 7) is 1.77. The molecule has 0 N–H and O–H groups in total. The molecule has 0 atom stereocenters. The van der Waals surface area contributed by atoms with E-state index >= 15 is 0 Å². The van der Waals surface area contributed by atoms with Crippen LogP contribution in [0.4, 0.5) is 0 Å². The molecule has 0 radical (unpaired) electrons. The monoisotopic (exact) mass is 391 g/mol. The molecule has 2 aromatic carbocycles. The van der Waals surface area contributed by atoms with E-state index in [0.717, 1.165) is 5.56 Å². The Hall–Kier alpha value is -3.44. The summed E-state index contributed by atoms with van der Waals surface area (Å²) in [5, 5.41) is 0.305. The Kier molecular flexibility index (Phi) is 4.67. The van der Waals surface area contributed by atoms with Crippen LogP contribution in [0.1, 0.15) is 31.8 Å². The summed E-state index contributed by atoms with van der Waals surface area (Å²) in [5.74, 6) is 0.0420. The fourth-order valence-corrected chi connectivity index (χ4v) is 3.15. The normalized spacial score (nSPS) is 13.9. The zero-order valence-corrected chi connectivity index (χ0v) is 15.6. The number of aryl methyl sites for hydroxylation is 1. The molecule has 0 aliphatic carbocycles. The van der Waals surface area contributed by atoms with E-state index in [9.17, 15) is 9.59 Å². The Morgan fingerprint density at radius 3 is 2.64 bits per heavy atom. The Morgan fingerprint density at radius 2 is 1.89 bits per heavy atom. The Labute approximate surface area is 166 Å². The molecule has 2 heterocycles. The van der Waals surface area contributed by atoms with Crippen LogP contribution in [0.5, 0.6) is 11.5 Å². The third-order valence-corrected chi connectivity index (χ3v) is 4.58. The van der Waals surface area contributed by atoms with Crippen LogP contribution in [-0.4, -0.2) is 16.7 Å². The lowest BCUT2D eigenvalue weighted by molar-refractivity contribution is 0.0734. The number of benzene rings is 2. The molecular formula is C22H14ClNO4. The van der Waals surface area contributed by atoms with Gasteiger partial charge in [-0.15, -0.1) is 0 Å². The molecule has 0 saturated carbocycles. The lowest BCUT2D eigenvalue weighted by atomic mass is 10.0. The van der Waals surface area contributed by atoms with E-state index in [1.807, 2.05) is 0 Å². The molecule has 0 fully saturated rings. The number of halogens is 1. The van der Waals surface area contributed by atoms with Crippen molar-refractivity contribution in [3.63, 3.8) is 0 Å². The number of aromatic nitrogens is 1. The highest BCUT2D eigenvalue weighted by Gasteiger charge is 2.30. The number of carbonyl (C=O) groups excluding carboxylic acids is 2. The van der Waals surface area contributed by atoms with Crippen molar-refractivity contribution in [3.05, 3.63) is 94.0 Å². The van der Waals surface area contributed by atoms with Crippen molar-refractivity contribution in [2.75, 3.05) is 0 Å². The lowest BCUT2D eigenvalue weighted by Crippen LogP contribution is -2.09. The van der Waals surface area contributed by atoms with Crippen LogP contribution in [0.3, 0.4) is 0 Å². The van der Waals surface area contributed by atoms with Gasteiger partial charge in [0.15, 0.2) is 5.76 Å². The van der Waals surface area contributed by atoms with Crippen LogP contribution in [0, 0.1) is 6.92 Å². The fraction of sp³-hybridized carbons (Fsp3) is 0.0455. The van der Waals surface area contributed by atoms with Gasteiger partial charge in [0, 0.05) is 18.5 Å². The third kappa shape index (κ3) is 3.40. The third-order valence-electron chi connectivity index (χ3n) is 4.25. The molecule has 5 nitrogen and oxygen atoms in total. The summed E-state index contributed by atoms with van der Waals surface area (Å²) in [5.41, 5.74) is 2.17. The number of ketones is 1. The van der Waals surface area contributed by atoms with E-state index in [4.69, 9.17) is 21.1 Å². The Balaban J connectivity index is 1.63. The molecule has 4 rings (SSSR count). The number of pyridine rings is 1. The summed E-state index contributed by atoms with van der Waals surface area (Å²) in [6.07, 6.45) is 4.92. The topological polar surface area (TPSA) is 65.5 Å². The number of esters is 1. The van der Waals surface area contributed by atoms with Crippen LogP contribution < -0.4 is 9.47 Å². The molecule has 1 aliphatic rings. The van der Waals surface area contributed by atoms with Crippen molar-refractivity contribution in [1.29, 1.82) is 0 Å². The minimum absolute atomic E-state index is 0.207. The average molecular weight is 392 g/mol. The number of hydrogen-bond acceptors (Lipinski definition) is 5. The smallest absolute Gasteiger partial charge is 0.345 e. The highest BCUT2D eigenvalue weighted by molar-refractivity contribution is 6.33. The molecule has 0 amide bonds. The zero-order chi connectivity index (χ0) is 19.7. The maximum atomic E-state index is 12.7. The van der Waals surface area contributed by atoms with Gasteiger partial charge in [0.25, 0.3) is 0 Å². The highest BCUT2D eigenvalue weighted by Crippen LogP contribution is 2.37. The van der Waals surface area contributed by atoms with Gasteiger partial charge in [0.05, 0.1) is 16.1 Å². The molecule has 0 bridgehead atoms. The van der Waals surface area contributed by atoms with Crippen molar-refractivity contribution < 1.29 is 19.1 Å². The lowest BCUT2D eigenvalue weighted by Gasteiger charge is -2.08. The van der Waals surface area contributed by atoms with Crippen LogP contribution in [0.25, 0.3) is 6.08 Å². The van der Waals surface area contributed by atoms with Gasteiger partial charge >= 0.3 is 5.97 Å². The van der Waals surface area contributed by atoms with E-state index in [1.54, 1.807) is 67.9 Å². The second kappa shape index (κ2) is 7.29. The number of carbonyl (C=O) groups is 2. The standard InChI is InChI=1S/C22H14ClNO4/c1-13-10-15(27-22(26)16-4-2-3-5-17(16)23)12-18-20(13)21(25)19(28-18)11-14-6-8-24-9-7-14/h2-12H,1H3/b19-11-. The predicted molar refractivity (Wildman–Crippen MR) is 105 cm³/mol. The van der Waals surface area contributed by atoms with Gasteiger partial charge in [0.1, 0.15) is 11.5 Å². The van der Waals surface area contributed by atoms with E-state index in [0.29, 0.717) is 21.9 Å². The van der Waals surface area contributed by atoms with E-state index < -0.39 is 5.97 Å². The number of allylic oxidation sites excluding steroid dienone is 1. The molecular weight excluding hydrogens is 378 g/mol. The summed E-state index contributed by atoms with van der Waals surface area (Å²) >= 11 is 6.04. The van der Waals surface area contributed by atoms with E-state index in [1.165, 1.54) is 6.07 Å². The van der Waals surface area contributed by atoms with Crippen molar-refractivity contribution in [3.8, 4) is 11.5 Å². The quantitative estimate of drug-likeness (QED) is 0.361. The number of Topliss-reactive ketones (excluding diaryl/α,β-unsaturated/α-hetero) is 1. The summed E-state index contributed by atoms with van der Waals surface area (Å²) in [4.78, 5) is 29.0. The molecule has 6 heteroatoms. The SMILES string of the molecule is Cc1cc(OC(=O)c2ccccc2Cl)cc2c1C(=O)/C(=C/c1ccncc1)O2. The van der Waals surface area contributed by atoms with E-state index in [2.05, 4.69) is 4.98 Å². The van der Waals surface area contributed by atoms with Crippen LogP contribution in [0.2, 0.25) is 5.02 Å². The van der Waals surface area contributed by atoms with Gasteiger partial charge in [-0.1, -0.05) is 23.7 Å². The Morgan fingerprint density at radius 1 is 1.14 bits per heavy atom. The number of fused-ring (bicyclic) bond motifs is 1. The van der Waals surface area contributed by atoms with Crippen LogP contribution >= 0.6 is 11.6 Å². The molecule has 138 valence electrons. The molecule has 0 saturated heterocycles. The van der Waals surface area contributed by atoms with Gasteiger partial charge in [0.2, 0.25) is 5.78 Å². The zero-order valence-electron chi connectivity index (χ0n) is 14.8. The first-order chi connectivity index (χ1) is 13.5. The molecule has 0 unspecified atom stereocenters. The molecule has 1 aliphatic heterocycles. The summed E-state index contributed by atoms with van der Waals surface area (Å²) in [7, 11) is 0. The maximum Gasteiger partial charge on any atom is 0.345 e. The number of ether oxygens (including phenoxy) is 2. The minimum atomic E-state index is -0.582. The van der Waals surface area contributed by atoms with Gasteiger partial charge in [-0.25, -0.2) is 4.79 Å². The second-order valence-corrected chi connectivity index (χ2v) is 6.61. The van der Waals surface area contributed by atoms with Gasteiger partial charge in [-0.05, 0) is 54.5 Å². The van der Waals surface area contributed by atoms with Crippen LogP contribution in [-0.2, 0) is 0 Å². The van der Waals surface area contributed by atoms with Crippen molar-refractivity contribution >= 4 is 29.4 Å². The van der Waals surface area contributed by atoms with Gasteiger partial charge in [-0.3, -0.25) is 9.78 Å². The largest absolute Gasteiger partial charge is 0.452 e. The van der Waals surface area contributed by atoms with Gasteiger partial charge < -0.3 is 9.47 Å². The van der Waals surface area contributed by atoms with Crippen molar-refractivity contribution in [2.24, 2.45) is 0 Å². The second-order valence-electron chi connectivity index (χ2n) is 6.20. The molecule has 0 spiro atoms. The number of rotatable bonds is 3. The van der Waals surface area contributed by atoms with Crippen molar-refractivity contribution in [2.45, 2.75) is 6.92 Å². The summed E-state index contributed by atoms with van der Waals surface area (Å²) in [6, 6.07) is 13.3. The fourth-order valence-electron chi connectivity index (χ4n) is 2.94. The highest BCUT2D eigenvalue weighted by atomic mass is 35.5. The van der Waals surface area contributed by atoms with Gasteiger partial charge in [-0.2, -0.15) is 0 Å². The first-order valence-electron chi connectivity index (χ1n) is 8.48. The maximum absolute atomic E-state index is 12.7. The van der Waals surface area contributed by atoms with Crippen molar-refractivity contribution in [1.82, 2.24) is 4.98 Å².